The molecule has 0 spiro atoms. The Hall–Kier alpha value is -1.28. The summed E-state index contributed by atoms with van der Waals surface area (Å²) in [7, 11) is 0. The maximum atomic E-state index is 5.74. The number of nitrogens with one attached hydrogen (secondary N) is 1. The molecule has 0 aliphatic carbocycles. The Morgan fingerprint density at radius 1 is 1.50 bits per heavy atom. The summed E-state index contributed by atoms with van der Waals surface area (Å²) in [5.74, 6) is 1.63. The molecule has 0 fully saturated rings. The minimum Gasteiger partial charge on any atom is -0.493 e. The van der Waals surface area contributed by atoms with E-state index in [4.69, 9.17) is 4.74 Å². The van der Waals surface area contributed by atoms with E-state index in [2.05, 4.69) is 37.0 Å². The van der Waals surface area contributed by atoms with Crippen molar-refractivity contribution in [2.45, 2.75) is 38.1 Å². The highest BCUT2D eigenvalue weighted by atomic mass is 16.5. The van der Waals surface area contributed by atoms with Crippen LogP contribution in [0.25, 0.3) is 0 Å². The van der Waals surface area contributed by atoms with E-state index in [1.54, 1.807) is 0 Å². The third-order valence-corrected chi connectivity index (χ3v) is 3.64. The van der Waals surface area contributed by atoms with Gasteiger partial charge < -0.3 is 10.1 Å². The van der Waals surface area contributed by atoms with Crippen molar-refractivity contribution in [2.75, 3.05) is 13.2 Å². The second-order valence-electron chi connectivity index (χ2n) is 4.81. The lowest BCUT2D eigenvalue weighted by atomic mass is 9.84. The predicted molar refractivity (Wildman–Crippen MR) is 76.2 cm³/mol. The van der Waals surface area contributed by atoms with E-state index in [9.17, 15) is 0 Å². The SMILES string of the molecule is C=CCCC(NCC)C1CCOc2ccccc21. The molecular formula is C16H23NO. The second-order valence-corrected chi connectivity index (χ2v) is 4.81. The fraction of sp³-hybridized carbons (Fsp3) is 0.500. The van der Waals surface area contributed by atoms with Crippen molar-refractivity contribution in [3.05, 3.63) is 42.5 Å². The van der Waals surface area contributed by atoms with Gasteiger partial charge in [0, 0.05) is 12.0 Å². The number of fused-ring (bicyclic) bond motifs is 1. The smallest absolute Gasteiger partial charge is 0.122 e. The van der Waals surface area contributed by atoms with Gasteiger partial charge in [-0.1, -0.05) is 31.2 Å². The minimum atomic E-state index is 0.526. The number of allylic oxidation sites excluding steroid dienone is 1. The molecule has 2 atom stereocenters. The van der Waals surface area contributed by atoms with Crippen molar-refractivity contribution in [3.8, 4) is 5.75 Å². The summed E-state index contributed by atoms with van der Waals surface area (Å²) in [5.41, 5.74) is 1.36. The molecule has 1 aromatic rings. The molecule has 1 aliphatic heterocycles. The molecule has 0 radical (unpaired) electrons. The minimum absolute atomic E-state index is 0.526. The average molecular weight is 245 g/mol. The molecule has 0 amide bonds. The molecule has 1 heterocycles. The molecule has 18 heavy (non-hydrogen) atoms. The highest BCUT2D eigenvalue weighted by Gasteiger charge is 2.27. The van der Waals surface area contributed by atoms with Gasteiger partial charge in [0.05, 0.1) is 6.61 Å². The molecule has 0 saturated heterocycles. The van der Waals surface area contributed by atoms with Gasteiger partial charge >= 0.3 is 0 Å². The average Bonchev–Trinajstić information content (AvgIpc) is 2.43. The van der Waals surface area contributed by atoms with Crippen LogP contribution < -0.4 is 10.1 Å². The Bertz CT molecular complexity index is 388. The van der Waals surface area contributed by atoms with Gasteiger partial charge in [-0.2, -0.15) is 0 Å². The van der Waals surface area contributed by atoms with Gasteiger partial charge in [0.25, 0.3) is 0 Å². The lowest BCUT2D eigenvalue weighted by Crippen LogP contribution is -2.37. The first kappa shape index (κ1) is 13.2. The Labute approximate surface area is 110 Å². The largest absolute Gasteiger partial charge is 0.493 e. The molecule has 0 saturated carbocycles. The van der Waals surface area contributed by atoms with Crippen LogP contribution in [0.1, 0.15) is 37.7 Å². The summed E-state index contributed by atoms with van der Waals surface area (Å²) in [4.78, 5) is 0. The fourth-order valence-electron chi connectivity index (χ4n) is 2.79. The van der Waals surface area contributed by atoms with Crippen LogP contribution in [0.5, 0.6) is 5.75 Å². The van der Waals surface area contributed by atoms with Crippen LogP contribution in [0.3, 0.4) is 0 Å². The first-order valence-corrected chi connectivity index (χ1v) is 6.92. The molecule has 1 aromatic carbocycles. The Kier molecular flexibility index (Phi) is 4.82. The van der Waals surface area contributed by atoms with Crippen molar-refractivity contribution in [3.63, 3.8) is 0 Å². The third-order valence-electron chi connectivity index (χ3n) is 3.64. The summed E-state index contributed by atoms with van der Waals surface area (Å²) in [5, 5.41) is 3.62. The maximum Gasteiger partial charge on any atom is 0.122 e. The standard InChI is InChI=1S/C16H23NO/c1-3-5-9-15(17-4-2)13-11-12-18-16-10-7-6-8-14(13)16/h3,6-8,10,13,15,17H,1,4-5,9,11-12H2,2H3. The zero-order valence-corrected chi connectivity index (χ0v) is 11.2. The van der Waals surface area contributed by atoms with Crippen LogP contribution >= 0.6 is 0 Å². The number of likely N-dealkylation sites (N-methyl/N-ethyl adjacent to an activating group) is 1. The zero-order chi connectivity index (χ0) is 12.8. The van der Waals surface area contributed by atoms with E-state index in [1.165, 1.54) is 5.56 Å². The van der Waals surface area contributed by atoms with E-state index >= 15 is 0 Å². The van der Waals surface area contributed by atoms with Crippen molar-refractivity contribution in [1.29, 1.82) is 0 Å². The maximum absolute atomic E-state index is 5.74. The first-order chi connectivity index (χ1) is 8.86. The number of hydrogen-bond donors (Lipinski definition) is 1. The topological polar surface area (TPSA) is 21.3 Å². The number of rotatable bonds is 6. The Morgan fingerprint density at radius 3 is 3.11 bits per heavy atom. The van der Waals surface area contributed by atoms with E-state index in [0.29, 0.717) is 12.0 Å². The lowest BCUT2D eigenvalue weighted by molar-refractivity contribution is 0.242. The van der Waals surface area contributed by atoms with Gasteiger partial charge in [0.15, 0.2) is 0 Å². The molecule has 1 N–H and O–H groups in total. The van der Waals surface area contributed by atoms with Gasteiger partial charge in [-0.25, -0.2) is 0 Å². The van der Waals surface area contributed by atoms with Gasteiger partial charge in [-0.15, -0.1) is 6.58 Å². The highest BCUT2D eigenvalue weighted by molar-refractivity contribution is 5.38. The summed E-state index contributed by atoms with van der Waals surface area (Å²) in [6, 6.07) is 8.97. The number of para-hydroxylation sites is 1. The molecule has 1 aliphatic rings. The molecule has 0 bridgehead atoms. The van der Waals surface area contributed by atoms with Crippen LogP contribution in [-0.4, -0.2) is 19.2 Å². The van der Waals surface area contributed by atoms with E-state index in [-0.39, 0.29) is 0 Å². The number of benzene rings is 1. The van der Waals surface area contributed by atoms with E-state index in [0.717, 1.165) is 38.2 Å². The third kappa shape index (κ3) is 2.94. The molecule has 2 heteroatoms. The van der Waals surface area contributed by atoms with Gasteiger partial charge in [0.2, 0.25) is 0 Å². The molecular weight excluding hydrogens is 222 g/mol. The van der Waals surface area contributed by atoms with Crippen LogP contribution in [0.4, 0.5) is 0 Å². The van der Waals surface area contributed by atoms with Crippen LogP contribution in [0.15, 0.2) is 36.9 Å². The molecule has 2 rings (SSSR count). The normalized spacial score (nSPS) is 19.7. The van der Waals surface area contributed by atoms with Crippen LogP contribution in [0.2, 0.25) is 0 Å². The Balaban J connectivity index is 2.17. The first-order valence-electron chi connectivity index (χ1n) is 6.92. The molecule has 0 aromatic heterocycles. The van der Waals surface area contributed by atoms with Crippen molar-refractivity contribution in [2.24, 2.45) is 0 Å². The van der Waals surface area contributed by atoms with Crippen molar-refractivity contribution >= 4 is 0 Å². The number of ether oxygens (including phenoxy) is 1. The second kappa shape index (κ2) is 6.60. The van der Waals surface area contributed by atoms with E-state index in [1.807, 2.05) is 12.1 Å². The molecule has 2 unspecified atom stereocenters. The van der Waals surface area contributed by atoms with Crippen LogP contribution in [-0.2, 0) is 0 Å². The van der Waals surface area contributed by atoms with Gasteiger partial charge in [-0.05, 0) is 37.4 Å². The Morgan fingerprint density at radius 2 is 2.33 bits per heavy atom. The predicted octanol–water partition coefficient (Wildman–Crippen LogP) is 3.50. The lowest BCUT2D eigenvalue weighted by Gasteiger charge is -2.32. The van der Waals surface area contributed by atoms with Gasteiger partial charge in [0.1, 0.15) is 5.75 Å². The summed E-state index contributed by atoms with van der Waals surface area (Å²) in [6.45, 7) is 7.85. The summed E-state index contributed by atoms with van der Waals surface area (Å²) in [6.07, 6.45) is 5.33. The van der Waals surface area contributed by atoms with Crippen molar-refractivity contribution < 1.29 is 4.74 Å². The highest BCUT2D eigenvalue weighted by Crippen LogP contribution is 2.36. The molecule has 2 nitrogen and oxygen atoms in total. The van der Waals surface area contributed by atoms with Crippen molar-refractivity contribution in [1.82, 2.24) is 5.32 Å². The zero-order valence-electron chi connectivity index (χ0n) is 11.2. The fourth-order valence-corrected chi connectivity index (χ4v) is 2.79. The monoisotopic (exact) mass is 245 g/mol. The number of hydrogen-bond acceptors (Lipinski definition) is 2. The van der Waals surface area contributed by atoms with Crippen LogP contribution in [0, 0.1) is 0 Å². The van der Waals surface area contributed by atoms with E-state index < -0.39 is 0 Å². The quantitative estimate of drug-likeness (QED) is 0.775. The molecule has 98 valence electrons. The summed E-state index contributed by atoms with van der Waals surface area (Å²) >= 11 is 0. The summed E-state index contributed by atoms with van der Waals surface area (Å²) < 4.78 is 5.74. The van der Waals surface area contributed by atoms with Gasteiger partial charge in [-0.3, -0.25) is 0 Å².